The molecule has 0 spiro atoms. The van der Waals surface area contributed by atoms with Gasteiger partial charge >= 0.3 is 12.1 Å². The maximum atomic E-state index is 12.1. The summed E-state index contributed by atoms with van der Waals surface area (Å²) in [5.41, 5.74) is -0.234. The summed E-state index contributed by atoms with van der Waals surface area (Å²) in [5, 5.41) is 0. The molecule has 0 heterocycles. The van der Waals surface area contributed by atoms with Crippen LogP contribution in [0.1, 0.15) is 48.0 Å². The van der Waals surface area contributed by atoms with Gasteiger partial charge in [0.05, 0.1) is 6.61 Å². The molecule has 0 bridgehead atoms. The summed E-state index contributed by atoms with van der Waals surface area (Å²) in [6.45, 7) is 11.6. The molecular weight excluding hydrogens is 245 g/mol. The van der Waals surface area contributed by atoms with Crippen molar-refractivity contribution in [3.05, 3.63) is 0 Å². The molecule has 2 nitrogen and oxygen atoms in total. The van der Waals surface area contributed by atoms with Crippen molar-refractivity contribution >= 4 is 5.97 Å². The third-order valence-corrected chi connectivity index (χ3v) is 2.73. The summed E-state index contributed by atoms with van der Waals surface area (Å²) in [4.78, 5) is 10.7. The van der Waals surface area contributed by atoms with Crippen LogP contribution in [0.2, 0.25) is 0 Å². The van der Waals surface area contributed by atoms with E-state index in [1.807, 2.05) is 41.5 Å². The predicted octanol–water partition coefficient (Wildman–Crippen LogP) is 4.19. The molecule has 0 aliphatic heterocycles. The molecule has 0 aliphatic rings. The lowest BCUT2D eigenvalue weighted by molar-refractivity contribution is -0.202. The van der Waals surface area contributed by atoms with Gasteiger partial charge in [0, 0.05) is 0 Å². The van der Waals surface area contributed by atoms with E-state index in [2.05, 4.69) is 4.74 Å². The summed E-state index contributed by atoms with van der Waals surface area (Å²) in [5.74, 6) is -2.21. The van der Waals surface area contributed by atoms with Crippen molar-refractivity contribution in [1.29, 1.82) is 0 Å². The molecule has 5 heteroatoms. The molecule has 0 radical (unpaired) electrons. The summed E-state index contributed by atoms with van der Waals surface area (Å²) < 4.78 is 40.6. The number of rotatable bonds is 3. The first-order chi connectivity index (χ1) is 7.73. The second-order valence-electron chi connectivity index (χ2n) is 6.92. The average molecular weight is 268 g/mol. The Kier molecular flexibility index (Phi) is 5.27. The molecule has 108 valence electrons. The van der Waals surface area contributed by atoms with Crippen molar-refractivity contribution in [2.24, 2.45) is 16.7 Å². The molecule has 1 unspecified atom stereocenters. The number of carbonyl (C=O) groups is 1. The van der Waals surface area contributed by atoms with Gasteiger partial charge in [-0.3, -0.25) is 0 Å². The quantitative estimate of drug-likeness (QED) is 0.717. The van der Waals surface area contributed by atoms with E-state index in [0.717, 1.165) is 0 Å². The highest BCUT2D eigenvalue weighted by molar-refractivity contribution is 5.75. The second-order valence-corrected chi connectivity index (χ2v) is 6.92. The second kappa shape index (κ2) is 5.49. The van der Waals surface area contributed by atoms with E-state index in [9.17, 15) is 18.0 Å². The lowest BCUT2D eigenvalue weighted by Gasteiger charge is -2.35. The van der Waals surface area contributed by atoms with Gasteiger partial charge in [-0.05, 0) is 23.2 Å². The van der Waals surface area contributed by atoms with Gasteiger partial charge in [0.2, 0.25) is 0 Å². The first-order valence-electron chi connectivity index (χ1n) is 5.97. The number of halogens is 3. The fourth-order valence-electron chi connectivity index (χ4n) is 1.61. The first kappa shape index (κ1) is 17.3. The Balaban J connectivity index is 4.60. The van der Waals surface area contributed by atoms with E-state index in [0.29, 0.717) is 6.42 Å². The topological polar surface area (TPSA) is 26.3 Å². The van der Waals surface area contributed by atoms with Crippen molar-refractivity contribution in [3.63, 3.8) is 0 Å². The van der Waals surface area contributed by atoms with Gasteiger partial charge in [-0.15, -0.1) is 0 Å². The zero-order valence-corrected chi connectivity index (χ0v) is 11.9. The van der Waals surface area contributed by atoms with Crippen LogP contribution in [0.15, 0.2) is 0 Å². The standard InChI is InChI=1S/C13H23F3O2/c1-11(2,3)7-9(12(4,5)6)8-18-10(17)13(14,15)16/h9H,7-8H2,1-6H3. The third-order valence-electron chi connectivity index (χ3n) is 2.73. The summed E-state index contributed by atoms with van der Waals surface area (Å²) in [6.07, 6.45) is -4.22. The van der Waals surface area contributed by atoms with Gasteiger partial charge in [0.25, 0.3) is 0 Å². The smallest absolute Gasteiger partial charge is 0.459 e. The number of alkyl halides is 3. The highest BCUT2D eigenvalue weighted by atomic mass is 19.4. The van der Waals surface area contributed by atoms with Gasteiger partial charge < -0.3 is 4.74 Å². The largest absolute Gasteiger partial charge is 0.490 e. The monoisotopic (exact) mass is 268 g/mol. The van der Waals surface area contributed by atoms with Gasteiger partial charge in [-0.2, -0.15) is 13.2 Å². The van der Waals surface area contributed by atoms with Crippen LogP contribution in [-0.2, 0) is 9.53 Å². The minimum Gasteiger partial charge on any atom is -0.459 e. The van der Waals surface area contributed by atoms with Crippen molar-refractivity contribution in [3.8, 4) is 0 Å². The lowest BCUT2D eigenvalue weighted by atomic mass is 9.72. The molecule has 0 N–H and O–H groups in total. The van der Waals surface area contributed by atoms with Gasteiger partial charge in [0.15, 0.2) is 0 Å². The molecule has 0 amide bonds. The van der Waals surface area contributed by atoms with E-state index in [1.165, 1.54) is 0 Å². The van der Waals surface area contributed by atoms with Crippen LogP contribution in [0.5, 0.6) is 0 Å². The van der Waals surface area contributed by atoms with Gasteiger partial charge in [0.1, 0.15) is 0 Å². The van der Waals surface area contributed by atoms with Crippen LogP contribution in [0, 0.1) is 16.7 Å². The normalized spacial score (nSPS) is 15.4. The van der Waals surface area contributed by atoms with Gasteiger partial charge in [-0.25, -0.2) is 4.79 Å². The van der Waals surface area contributed by atoms with Crippen LogP contribution in [0.3, 0.4) is 0 Å². The number of hydrogen-bond donors (Lipinski definition) is 0. The van der Waals surface area contributed by atoms with Crippen molar-refractivity contribution < 1.29 is 22.7 Å². The van der Waals surface area contributed by atoms with E-state index >= 15 is 0 Å². The highest BCUT2D eigenvalue weighted by Gasteiger charge is 2.42. The van der Waals surface area contributed by atoms with Crippen molar-refractivity contribution in [2.45, 2.75) is 54.1 Å². The number of carbonyl (C=O) groups excluding carboxylic acids is 1. The predicted molar refractivity (Wildman–Crippen MR) is 64.0 cm³/mol. The molecule has 18 heavy (non-hydrogen) atoms. The third kappa shape index (κ3) is 6.87. The zero-order valence-electron chi connectivity index (χ0n) is 11.9. The van der Waals surface area contributed by atoms with Gasteiger partial charge in [-0.1, -0.05) is 41.5 Å². The van der Waals surface area contributed by atoms with Crippen LogP contribution < -0.4 is 0 Å². The van der Waals surface area contributed by atoms with Crippen LogP contribution in [0.4, 0.5) is 13.2 Å². The molecule has 0 aromatic carbocycles. The molecule has 0 aliphatic carbocycles. The van der Waals surface area contributed by atoms with Crippen molar-refractivity contribution in [1.82, 2.24) is 0 Å². The molecular formula is C13H23F3O2. The maximum Gasteiger partial charge on any atom is 0.490 e. The number of esters is 1. The average Bonchev–Trinajstić information content (AvgIpc) is 2.06. The lowest BCUT2D eigenvalue weighted by Crippen LogP contribution is -2.33. The Hall–Kier alpha value is -0.740. The molecule has 0 fully saturated rings. The van der Waals surface area contributed by atoms with Crippen LogP contribution in [-0.4, -0.2) is 18.8 Å². The fourth-order valence-corrected chi connectivity index (χ4v) is 1.61. The van der Waals surface area contributed by atoms with Crippen LogP contribution in [0.25, 0.3) is 0 Å². The Bertz CT molecular complexity index is 282. The first-order valence-corrected chi connectivity index (χ1v) is 5.97. The SMILES string of the molecule is CC(C)(C)CC(COC(=O)C(F)(F)F)C(C)(C)C. The molecule has 0 saturated heterocycles. The minimum atomic E-state index is -4.91. The molecule has 0 aromatic rings. The Morgan fingerprint density at radius 2 is 1.50 bits per heavy atom. The fraction of sp³-hybridized carbons (Fsp3) is 0.923. The summed E-state index contributed by atoms with van der Waals surface area (Å²) >= 11 is 0. The summed E-state index contributed by atoms with van der Waals surface area (Å²) in [6, 6.07) is 0. The Morgan fingerprint density at radius 3 is 1.78 bits per heavy atom. The summed E-state index contributed by atoms with van der Waals surface area (Å²) in [7, 11) is 0. The van der Waals surface area contributed by atoms with E-state index in [1.54, 1.807) is 0 Å². The van der Waals surface area contributed by atoms with E-state index < -0.39 is 12.1 Å². The zero-order chi connectivity index (χ0) is 14.8. The highest BCUT2D eigenvalue weighted by Crippen LogP contribution is 2.36. The molecule has 1 atom stereocenters. The molecule has 0 rings (SSSR count). The van der Waals surface area contributed by atoms with Crippen molar-refractivity contribution in [2.75, 3.05) is 6.61 Å². The number of ether oxygens (including phenoxy) is 1. The number of hydrogen-bond acceptors (Lipinski definition) is 2. The van der Waals surface area contributed by atoms with Crippen LogP contribution >= 0.6 is 0 Å². The van der Waals surface area contributed by atoms with E-state index in [4.69, 9.17) is 0 Å². The van der Waals surface area contributed by atoms with E-state index in [-0.39, 0.29) is 23.4 Å². The molecule has 0 aromatic heterocycles. The Morgan fingerprint density at radius 1 is 1.06 bits per heavy atom. The minimum absolute atomic E-state index is 0.0252. The Labute approximate surface area is 107 Å². The molecule has 0 saturated carbocycles. The maximum absolute atomic E-state index is 12.1.